The van der Waals surface area contributed by atoms with Gasteiger partial charge >= 0.3 is 0 Å². The largest absolute Gasteiger partial charge is 0.399 e. The lowest BCUT2D eigenvalue weighted by Crippen LogP contribution is -2.36. The molecule has 0 atom stereocenters. The molecule has 2 aromatic carbocycles. The monoisotopic (exact) mass is 933 g/mol. The van der Waals surface area contributed by atoms with Gasteiger partial charge in [0.05, 0.1) is 55.2 Å². The van der Waals surface area contributed by atoms with Crippen LogP contribution in [0.4, 0.5) is 23.1 Å². The van der Waals surface area contributed by atoms with Gasteiger partial charge < -0.3 is 40.7 Å². The molecule has 12 rings (SSSR count). The number of rotatable bonds is 10. The van der Waals surface area contributed by atoms with Crippen molar-refractivity contribution in [2.45, 2.75) is 12.8 Å². The molecular weight excluding hydrogens is 883 g/mol. The molecule has 70 heavy (non-hydrogen) atoms. The molecule has 18 heteroatoms. The number of nitrogens with two attached hydrogens (primary N) is 2. The highest BCUT2D eigenvalue weighted by atomic mass is 16.5. The number of pyridine rings is 2. The average molecular weight is 934 g/mol. The van der Waals surface area contributed by atoms with E-state index in [1.807, 2.05) is 66.7 Å². The van der Waals surface area contributed by atoms with E-state index < -0.39 is 0 Å². The standard InChI is InChI=1S/C28H26N6O2.C16H17N5O.C8H8N4/c35-23(14-20-15-25(30-17-20)22-5-7-29-8-6-22)13-19-1-3-21(4-2-19)26-16-24-27(33-26)31-18-32-28(24)34-9-11-36-12-10-34;17-12-3-1-11(2-4-12)14-9-13-15(20-14)18-10-19-16(13)21-5-7-22-8-6-21;9-8-5-7(11-12-8)6-1-3-10-4-2-6/h1-8,15-16,18H,9-14,17H2,(H,31,32,33);1-4,9-10H,5-8,17H2,(H,18,19,20);1-5H,(H3,9,11,12). The van der Waals surface area contributed by atoms with Gasteiger partial charge in [0.2, 0.25) is 0 Å². The molecule has 3 aliphatic rings. The number of nitrogens with zero attached hydrogens (tertiary/aromatic N) is 10. The quantitative estimate of drug-likeness (QED) is 0.0878. The molecule has 9 aromatic rings. The van der Waals surface area contributed by atoms with Crippen LogP contribution in [0.15, 0.2) is 145 Å². The molecule has 7 aromatic heterocycles. The van der Waals surface area contributed by atoms with E-state index >= 15 is 0 Å². The second-order valence-corrected chi connectivity index (χ2v) is 16.9. The molecule has 0 amide bonds. The number of benzene rings is 2. The Balaban J connectivity index is 0.000000140. The van der Waals surface area contributed by atoms with Gasteiger partial charge in [-0.15, -0.1) is 0 Å². The van der Waals surface area contributed by atoms with Crippen LogP contribution in [0.3, 0.4) is 0 Å². The summed E-state index contributed by atoms with van der Waals surface area (Å²) in [6, 6.07) is 29.6. The fourth-order valence-corrected chi connectivity index (χ4v) is 8.52. The molecule has 0 saturated carbocycles. The smallest absolute Gasteiger partial charge is 0.145 e. The second-order valence-electron chi connectivity index (χ2n) is 16.9. The maximum absolute atomic E-state index is 12.7. The highest BCUT2D eigenvalue weighted by Crippen LogP contribution is 2.31. The number of aromatic amines is 3. The molecule has 0 radical (unpaired) electrons. The van der Waals surface area contributed by atoms with Crippen LogP contribution < -0.4 is 21.3 Å². The van der Waals surface area contributed by atoms with Crippen molar-refractivity contribution < 1.29 is 14.3 Å². The van der Waals surface area contributed by atoms with Crippen LogP contribution in [0, 0.1) is 0 Å². The Labute approximate surface area is 403 Å². The zero-order valence-corrected chi connectivity index (χ0v) is 38.3. The predicted octanol–water partition coefficient (Wildman–Crippen LogP) is 6.89. The Kier molecular flexibility index (Phi) is 13.6. The van der Waals surface area contributed by atoms with E-state index in [2.05, 4.69) is 89.1 Å². The van der Waals surface area contributed by atoms with Gasteiger partial charge in [0.15, 0.2) is 0 Å². The van der Waals surface area contributed by atoms with Crippen molar-refractivity contribution in [2.24, 2.45) is 4.99 Å². The van der Waals surface area contributed by atoms with Crippen LogP contribution in [0.1, 0.15) is 17.5 Å². The molecule has 10 heterocycles. The number of morpholine rings is 2. The van der Waals surface area contributed by atoms with Crippen molar-refractivity contribution in [1.29, 1.82) is 0 Å². The highest BCUT2D eigenvalue weighted by molar-refractivity contribution is 6.10. The van der Waals surface area contributed by atoms with Crippen molar-refractivity contribution in [2.75, 3.05) is 80.4 Å². The van der Waals surface area contributed by atoms with Crippen LogP contribution in [0.2, 0.25) is 0 Å². The first-order valence-corrected chi connectivity index (χ1v) is 23.1. The number of H-pyrrole nitrogens is 3. The number of nitrogens with one attached hydrogen (secondary N) is 3. The Bertz CT molecular complexity index is 3250. The van der Waals surface area contributed by atoms with Gasteiger partial charge in [0, 0.05) is 98.1 Å². The Morgan fingerprint density at radius 3 is 1.63 bits per heavy atom. The number of hydrogen-bond acceptors (Lipinski definition) is 15. The fraction of sp³-hybridized carbons (Fsp3) is 0.212. The number of aromatic nitrogens is 10. The van der Waals surface area contributed by atoms with Crippen LogP contribution in [0.25, 0.3) is 55.8 Å². The predicted molar refractivity (Wildman–Crippen MR) is 272 cm³/mol. The lowest BCUT2D eigenvalue weighted by Gasteiger charge is -2.27. The van der Waals surface area contributed by atoms with Crippen LogP contribution in [-0.2, 0) is 20.7 Å². The zero-order chi connectivity index (χ0) is 47.7. The second kappa shape index (κ2) is 21.1. The summed E-state index contributed by atoms with van der Waals surface area (Å²) >= 11 is 0. The first-order valence-electron chi connectivity index (χ1n) is 23.1. The maximum atomic E-state index is 12.7. The van der Waals surface area contributed by atoms with Gasteiger partial charge in [-0.25, -0.2) is 19.9 Å². The number of aliphatic imine (C=N–C) groups is 1. The molecule has 0 unspecified atom stereocenters. The Morgan fingerprint density at radius 1 is 0.586 bits per heavy atom. The first-order chi connectivity index (χ1) is 34.4. The minimum Gasteiger partial charge on any atom is -0.399 e. The summed E-state index contributed by atoms with van der Waals surface area (Å²) in [6.07, 6.45) is 13.0. The lowest BCUT2D eigenvalue weighted by atomic mass is 10.0. The number of hydrogen-bond donors (Lipinski definition) is 5. The molecule has 0 bridgehead atoms. The van der Waals surface area contributed by atoms with Crippen molar-refractivity contribution in [1.82, 2.24) is 50.1 Å². The number of Topliss-reactive ketones (excluding diaryl/α,β-unsaturated/α-hetero) is 1. The SMILES string of the molecule is Nc1cc(-c2ccncc2)[nH]n1.Nc1ccc(-c2cc3c(N4CCOCC4)ncnc3[nH]2)cc1.O=C(CC1=CC(c2ccncc2)=NC1)Cc1ccc(-c2cc3c(N4CCOCC4)ncnc3[nH]2)cc1. The Hall–Kier alpha value is -8.61. The number of carbonyl (C=O) groups excluding carboxylic acids is 1. The van der Waals surface area contributed by atoms with Gasteiger partial charge in [-0.05, 0) is 76.9 Å². The fourth-order valence-electron chi connectivity index (χ4n) is 8.52. The summed E-state index contributed by atoms with van der Waals surface area (Å²) in [5, 5.41) is 8.69. The number of ketones is 1. The average Bonchev–Trinajstić information content (AvgIpc) is 4.25. The van der Waals surface area contributed by atoms with E-state index in [0.29, 0.717) is 38.4 Å². The summed E-state index contributed by atoms with van der Waals surface area (Å²) in [5.41, 5.74) is 23.7. The number of allylic oxidation sites excluding steroid dienone is 1. The summed E-state index contributed by atoms with van der Waals surface area (Å²) in [7, 11) is 0. The van der Waals surface area contributed by atoms with E-state index in [1.54, 1.807) is 43.5 Å². The van der Waals surface area contributed by atoms with Gasteiger partial charge in [0.1, 0.15) is 47.2 Å². The molecule has 0 aliphatic carbocycles. The van der Waals surface area contributed by atoms with Crippen LogP contribution in [0.5, 0.6) is 0 Å². The summed E-state index contributed by atoms with van der Waals surface area (Å²) in [5.74, 6) is 2.59. The van der Waals surface area contributed by atoms with Crippen molar-refractivity contribution in [3.8, 4) is 33.8 Å². The van der Waals surface area contributed by atoms with Gasteiger partial charge in [0.25, 0.3) is 0 Å². The van der Waals surface area contributed by atoms with Gasteiger partial charge in [-0.2, -0.15) is 5.10 Å². The topological polar surface area (TPSA) is 244 Å². The Morgan fingerprint density at radius 2 is 1.10 bits per heavy atom. The molecule has 2 fully saturated rings. The molecule has 18 nitrogen and oxygen atoms in total. The zero-order valence-electron chi connectivity index (χ0n) is 38.3. The minimum absolute atomic E-state index is 0.191. The highest BCUT2D eigenvalue weighted by Gasteiger charge is 2.20. The van der Waals surface area contributed by atoms with E-state index in [9.17, 15) is 4.79 Å². The summed E-state index contributed by atoms with van der Waals surface area (Å²) < 4.78 is 10.9. The molecule has 7 N–H and O–H groups in total. The number of ether oxygens (including phenoxy) is 2. The molecule has 3 aliphatic heterocycles. The van der Waals surface area contributed by atoms with Crippen molar-refractivity contribution >= 4 is 56.7 Å². The third-order valence-electron chi connectivity index (χ3n) is 12.1. The van der Waals surface area contributed by atoms with Gasteiger partial charge in [-0.3, -0.25) is 24.9 Å². The van der Waals surface area contributed by atoms with Crippen LogP contribution >= 0.6 is 0 Å². The number of nitrogen functional groups attached to an aromatic ring is 2. The third kappa shape index (κ3) is 10.7. The normalized spacial score (nSPS) is 14.6. The summed E-state index contributed by atoms with van der Waals surface area (Å²) in [6.45, 7) is 6.83. The van der Waals surface area contributed by atoms with Gasteiger partial charge in [-0.1, -0.05) is 36.4 Å². The van der Waals surface area contributed by atoms with E-state index in [-0.39, 0.29) is 5.78 Å². The minimum atomic E-state index is 0.191. The van der Waals surface area contributed by atoms with Crippen LogP contribution in [-0.4, -0.2) is 121 Å². The maximum Gasteiger partial charge on any atom is 0.145 e. The van der Waals surface area contributed by atoms with E-state index in [1.165, 1.54) is 0 Å². The molecular formula is C52H51N15O3. The van der Waals surface area contributed by atoms with E-state index in [4.69, 9.17) is 20.9 Å². The molecule has 352 valence electrons. The summed E-state index contributed by atoms with van der Waals surface area (Å²) in [4.78, 5) is 54.3. The molecule has 0 spiro atoms. The van der Waals surface area contributed by atoms with Crippen molar-refractivity contribution in [3.63, 3.8) is 0 Å². The number of anilines is 4. The third-order valence-corrected chi connectivity index (χ3v) is 12.1. The number of fused-ring (bicyclic) bond motifs is 2. The number of carbonyl (C=O) groups is 1. The van der Waals surface area contributed by atoms with Crippen molar-refractivity contribution in [3.05, 3.63) is 151 Å². The molecule has 2 saturated heterocycles. The van der Waals surface area contributed by atoms with E-state index in [0.717, 1.165) is 135 Å². The lowest BCUT2D eigenvalue weighted by molar-refractivity contribution is -0.117. The first kappa shape index (κ1) is 45.2.